The second-order valence-electron chi connectivity index (χ2n) is 4.33. The van der Waals surface area contributed by atoms with Crippen molar-refractivity contribution >= 4 is 5.91 Å². The molecule has 14 heavy (non-hydrogen) atoms. The summed E-state index contributed by atoms with van der Waals surface area (Å²) in [7, 11) is 0. The second-order valence-corrected chi connectivity index (χ2v) is 4.33. The molecule has 0 heterocycles. The van der Waals surface area contributed by atoms with Crippen molar-refractivity contribution in [1.82, 2.24) is 10.6 Å². The Balaban J connectivity index is 1.90. The summed E-state index contributed by atoms with van der Waals surface area (Å²) in [4.78, 5) is 11.2. The number of carbonyl (C=O) groups is 1. The molecule has 82 valence electrons. The van der Waals surface area contributed by atoms with E-state index in [2.05, 4.69) is 24.5 Å². The molecule has 0 aromatic carbocycles. The lowest BCUT2D eigenvalue weighted by atomic mass is 9.82. The highest BCUT2D eigenvalue weighted by molar-refractivity contribution is 5.75. The fourth-order valence-corrected chi connectivity index (χ4v) is 1.81. The van der Waals surface area contributed by atoms with Crippen LogP contribution < -0.4 is 10.6 Å². The number of hydrogen-bond acceptors (Lipinski definition) is 2. The van der Waals surface area contributed by atoms with E-state index in [1.54, 1.807) is 0 Å². The van der Waals surface area contributed by atoms with Crippen LogP contribution in [0.2, 0.25) is 0 Å². The highest BCUT2D eigenvalue weighted by atomic mass is 16.1. The maximum absolute atomic E-state index is 11.2. The molecule has 0 aliphatic heterocycles. The largest absolute Gasteiger partial charge is 0.356 e. The van der Waals surface area contributed by atoms with Crippen LogP contribution in [0.15, 0.2) is 0 Å². The lowest BCUT2D eigenvalue weighted by molar-refractivity contribution is -0.121. The van der Waals surface area contributed by atoms with Crippen molar-refractivity contribution in [1.29, 1.82) is 0 Å². The van der Waals surface area contributed by atoms with Crippen LogP contribution in [0, 0.1) is 5.92 Å². The smallest absolute Gasteiger partial charge is 0.221 e. The van der Waals surface area contributed by atoms with Gasteiger partial charge in [0.05, 0.1) is 0 Å². The SMILES string of the molecule is CCCNC(=O)CCNC1CC(C)C1. The van der Waals surface area contributed by atoms with Gasteiger partial charge in [-0.2, -0.15) is 0 Å². The minimum absolute atomic E-state index is 0.173. The van der Waals surface area contributed by atoms with Crippen LogP contribution in [0.4, 0.5) is 0 Å². The van der Waals surface area contributed by atoms with E-state index in [4.69, 9.17) is 0 Å². The zero-order valence-corrected chi connectivity index (χ0v) is 9.31. The molecule has 0 bridgehead atoms. The Morgan fingerprint density at radius 2 is 2.07 bits per heavy atom. The van der Waals surface area contributed by atoms with Gasteiger partial charge in [-0.25, -0.2) is 0 Å². The Morgan fingerprint density at radius 3 is 2.64 bits per heavy atom. The predicted octanol–water partition coefficient (Wildman–Crippen LogP) is 1.29. The van der Waals surface area contributed by atoms with Gasteiger partial charge in [-0.15, -0.1) is 0 Å². The molecule has 0 unspecified atom stereocenters. The van der Waals surface area contributed by atoms with E-state index < -0.39 is 0 Å². The van der Waals surface area contributed by atoms with Gasteiger partial charge in [0.15, 0.2) is 0 Å². The van der Waals surface area contributed by atoms with E-state index in [1.165, 1.54) is 12.8 Å². The van der Waals surface area contributed by atoms with Gasteiger partial charge in [-0.1, -0.05) is 13.8 Å². The van der Waals surface area contributed by atoms with Gasteiger partial charge in [0.2, 0.25) is 5.91 Å². The molecule has 0 spiro atoms. The average Bonchev–Trinajstić information content (AvgIpc) is 2.12. The molecule has 1 amide bonds. The number of nitrogens with one attached hydrogen (secondary N) is 2. The molecule has 0 radical (unpaired) electrons. The number of amides is 1. The third kappa shape index (κ3) is 4.09. The third-order valence-electron chi connectivity index (χ3n) is 2.73. The summed E-state index contributed by atoms with van der Waals surface area (Å²) in [6.45, 7) is 5.96. The molecular weight excluding hydrogens is 176 g/mol. The van der Waals surface area contributed by atoms with Gasteiger partial charge >= 0.3 is 0 Å². The van der Waals surface area contributed by atoms with Gasteiger partial charge in [0.25, 0.3) is 0 Å². The van der Waals surface area contributed by atoms with Gasteiger partial charge in [-0.3, -0.25) is 4.79 Å². The maximum Gasteiger partial charge on any atom is 0.221 e. The summed E-state index contributed by atoms with van der Waals surface area (Å²) in [6, 6.07) is 0.670. The topological polar surface area (TPSA) is 41.1 Å². The highest BCUT2D eigenvalue weighted by Crippen LogP contribution is 2.25. The Morgan fingerprint density at radius 1 is 1.36 bits per heavy atom. The number of rotatable bonds is 6. The molecular formula is C11H22N2O. The molecule has 0 saturated heterocycles. The van der Waals surface area contributed by atoms with Gasteiger partial charge in [-0.05, 0) is 25.2 Å². The Bertz CT molecular complexity index is 176. The first-order valence-electron chi connectivity index (χ1n) is 5.72. The van der Waals surface area contributed by atoms with E-state index in [-0.39, 0.29) is 5.91 Å². The van der Waals surface area contributed by atoms with Crippen LogP contribution in [0.1, 0.15) is 39.5 Å². The lowest BCUT2D eigenvalue weighted by Crippen LogP contribution is -2.41. The first-order valence-corrected chi connectivity index (χ1v) is 5.72. The van der Waals surface area contributed by atoms with Crippen molar-refractivity contribution in [2.75, 3.05) is 13.1 Å². The predicted molar refractivity (Wildman–Crippen MR) is 58.1 cm³/mol. The van der Waals surface area contributed by atoms with Crippen LogP contribution in [0.25, 0.3) is 0 Å². The maximum atomic E-state index is 11.2. The van der Waals surface area contributed by atoms with Crippen LogP contribution in [-0.2, 0) is 4.79 Å². The fraction of sp³-hybridized carbons (Fsp3) is 0.909. The number of hydrogen-bond donors (Lipinski definition) is 2. The zero-order valence-electron chi connectivity index (χ0n) is 9.31. The standard InChI is InChI=1S/C11H22N2O/c1-3-5-13-11(14)4-6-12-10-7-9(2)8-10/h9-10,12H,3-8H2,1-2H3,(H,13,14). The summed E-state index contributed by atoms with van der Waals surface area (Å²) in [6.07, 6.45) is 4.18. The molecule has 1 aliphatic carbocycles. The molecule has 1 rings (SSSR count). The van der Waals surface area contributed by atoms with Crippen molar-refractivity contribution in [3.8, 4) is 0 Å². The number of carbonyl (C=O) groups excluding carboxylic acids is 1. The molecule has 3 heteroatoms. The quantitative estimate of drug-likeness (QED) is 0.675. The summed E-state index contributed by atoms with van der Waals surface area (Å²) in [5.41, 5.74) is 0. The van der Waals surface area contributed by atoms with Crippen molar-refractivity contribution < 1.29 is 4.79 Å². The van der Waals surface area contributed by atoms with E-state index >= 15 is 0 Å². The van der Waals surface area contributed by atoms with Crippen LogP contribution in [0.5, 0.6) is 0 Å². The zero-order chi connectivity index (χ0) is 10.4. The van der Waals surface area contributed by atoms with Gasteiger partial charge < -0.3 is 10.6 Å². The lowest BCUT2D eigenvalue weighted by Gasteiger charge is -2.33. The fourth-order valence-electron chi connectivity index (χ4n) is 1.81. The van der Waals surface area contributed by atoms with Crippen LogP contribution >= 0.6 is 0 Å². The molecule has 2 N–H and O–H groups in total. The summed E-state index contributed by atoms with van der Waals surface area (Å²) < 4.78 is 0. The van der Waals surface area contributed by atoms with E-state index in [1.807, 2.05) is 0 Å². The minimum Gasteiger partial charge on any atom is -0.356 e. The van der Waals surface area contributed by atoms with Crippen molar-refractivity contribution in [2.24, 2.45) is 5.92 Å². The molecule has 1 fully saturated rings. The van der Waals surface area contributed by atoms with E-state index in [0.29, 0.717) is 12.5 Å². The Hall–Kier alpha value is -0.570. The average molecular weight is 198 g/mol. The van der Waals surface area contributed by atoms with Crippen LogP contribution in [0.3, 0.4) is 0 Å². The van der Waals surface area contributed by atoms with Crippen molar-refractivity contribution in [3.63, 3.8) is 0 Å². The molecule has 3 nitrogen and oxygen atoms in total. The highest BCUT2D eigenvalue weighted by Gasteiger charge is 2.24. The summed E-state index contributed by atoms with van der Waals surface area (Å²) >= 11 is 0. The second kappa shape index (κ2) is 6.02. The normalized spacial score (nSPS) is 25.6. The Kier molecular flexibility index (Phi) is 4.94. The monoisotopic (exact) mass is 198 g/mol. The van der Waals surface area contributed by atoms with Crippen LogP contribution in [-0.4, -0.2) is 25.0 Å². The molecule has 0 aromatic rings. The molecule has 0 atom stereocenters. The van der Waals surface area contributed by atoms with Gasteiger partial charge in [0, 0.05) is 25.6 Å². The first kappa shape index (κ1) is 11.5. The van der Waals surface area contributed by atoms with Crippen molar-refractivity contribution in [2.45, 2.75) is 45.6 Å². The molecule has 0 aromatic heterocycles. The first-order chi connectivity index (χ1) is 6.72. The van der Waals surface area contributed by atoms with Crippen molar-refractivity contribution in [3.05, 3.63) is 0 Å². The Labute approximate surface area is 86.6 Å². The molecule has 1 saturated carbocycles. The minimum atomic E-state index is 0.173. The van der Waals surface area contributed by atoms with E-state index in [0.717, 1.165) is 25.4 Å². The van der Waals surface area contributed by atoms with Gasteiger partial charge in [0.1, 0.15) is 0 Å². The summed E-state index contributed by atoms with van der Waals surface area (Å²) in [5.74, 6) is 1.05. The third-order valence-corrected chi connectivity index (χ3v) is 2.73. The van der Waals surface area contributed by atoms with E-state index in [9.17, 15) is 4.79 Å². The molecule has 1 aliphatic rings. The summed E-state index contributed by atoms with van der Waals surface area (Å²) in [5, 5.41) is 6.27.